The summed E-state index contributed by atoms with van der Waals surface area (Å²) >= 11 is 0. The summed E-state index contributed by atoms with van der Waals surface area (Å²) in [5, 5.41) is 22.1. The number of phenolic OH excluding ortho intramolecular Hbond substituents is 1. The number of hydrogen-bond donors (Lipinski definition) is 2. The average molecular weight is 249 g/mol. The lowest BCUT2D eigenvalue weighted by Gasteiger charge is -2.03. The number of aromatic hydroxyl groups is 1. The van der Waals surface area contributed by atoms with Crippen LogP contribution in [0.2, 0.25) is 0 Å². The van der Waals surface area contributed by atoms with Crippen molar-refractivity contribution in [3.05, 3.63) is 23.9 Å². The first-order valence-electron chi connectivity index (χ1n) is 4.99. The predicted octanol–water partition coefficient (Wildman–Crippen LogP) is 1.47. The van der Waals surface area contributed by atoms with Crippen LogP contribution in [0.5, 0.6) is 17.2 Å². The SMILES string of the molecule is O=C(O)c1cc(-c2ccc3c(c2O)OCO3)on1. The zero-order valence-electron chi connectivity index (χ0n) is 8.91. The van der Waals surface area contributed by atoms with Gasteiger partial charge in [0.2, 0.25) is 12.5 Å². The Kier molecular flexibility index (Phi) is 2.12. The topological polar surface area (TPSA) is 102 Å². The smallest absolute Gasteiger partial charge is 0.358 e. The van der Waals surface area contributed by atoms with Gasteiger partial charge in [-0.3, -0.25) is 0 Å². The van der Waals surface area contributed by atoms with Gasteiger partial charge >= 0.3 is 5.97 Å². The van der Waals surface area contributed by atoms with Gasteiger partial charge in [0.15, 0.2) is 23.0 Å². The van der Waals surface area contributed by atoms with Crippen molar-refractivity contribution < 1.29 is 29.0 Å². The number of fused-ring (bicyclic) bond motifs is 1. The number of carbonyl (C=O) groups is 1. The minimum atomic E-state index is -1.20. The van der Waals surface area contributed by atoms with Crippen LogP contribution in [-0.2, 0) is 0 Å². The Hall–Kier alpha value is -2.70. The molecular formula is C11H7NO6. The highest BCUT2D eigenvalue weighted by Gasteiger charge is 2.23. The van der Waals surface area contributed by atoms with E-state index >= 15 is 0 Å². The van der Waals surface area contributed by atoms with E-state index in [0.717, 1.165) is 0 Å². The van der Waals surface area contributed by atoms with Crippen LogP contribution >= 0.6 is 0 Å². The molecule has 1 aliphatic rings. The molecule has 2 N–H and O–H groups in total. The van der Waals surface area contributed by atoms with E-state index in [9.17, 15) is 9.90 Å². The summed E-state index contributed by atoms with van der Waals surface area (Å²) in [6.45, 7) is 0.0309. The van der Waals surface area contributed by atoms with Gasteiger partial charge in [-0.05, 0) is 12.1 Å². The maximum atomic E-state index is 10.7. The van der Waals surface area contributed by atoms with Crippen molar-refractivity contribution in [2.45, 2.75) is 0 Å². The summed E-state index contributed by atoms with van der Waals surface area (Å²) in [5.74, 6) is -0.596. The largest absolute Gasteiger partial charge is 0.504 e. The molecule has 0 bridgehead atoms. The third-order valence-corrected chi connectivity index (χ3v) is 2.51. The lowest BCUT2D eigenvalue weighted by molar-refractivity contribution is 0.0686. The van der Waals surface area contributed by atoms with Crippen molar-refractivity contribution in [3.8, 4) is 28.6 Å². The molecule has 0 spiro atoms. The van der Waals surface area contributed by atoms with E-state index < -0.39 is 5.97 Å². The Labute approximate surface area is 100 Å². The molecule has 1 aromatic carbocycles. The molecule has 18 heavy (non-hydrogen) atoms. The molecule has 0 amide bonds. The minimum absolute atomic E-state index is 0.0309. The van der Waals surface area contributed by atoms with E-state index in [4.69, 9.17) is 19.1 Å². The second-order valence-corrected chi connectivity index (χ2v) is 3.58. The maximum Gasteiger partial charge on any atom is 0.358 e. The van der Waals surface area contributed by atoms with Gasteiger partial charge in [-0.1, -0.05) is 5.16 Å². The number of aromatic carboxylic acids is 1. The molecule has 7 heteroatoms. The second-order valence-electron chi connectivity index (χ2n) is 3.58. The number of ether oxygens (including phenoxy) is 2. The second kappa shape index (κ2) is 3.66. The first kappa shape index (κ1) is 10.5. The molecule has 0 saturated heterocycles. The number of hydrogen-bond acceptors (Lipinski definition) is 6. The molecule has 2 heterocycles. The van der Waals surface area contributed by atoms with Crippen LogP contribution in [0.15, 0.2) is 22.7 Å². The number of benzene rings is 1. The number of aromatic nitrogens is 1. The van der Waals surface area contributed by atoms with Gasteiger partial charge < -0.3 is 24.2 Å². The average Bonchev–Trinajstić information content (AvgIpc) is 2.97. The molecule has 3 rings (SSSR count). The third kappa shape index (κ3) is 1.45. The highest BCUT2D eigenvalue weighted by Crippen LogP contribution is 2.46. The first-order valence-corrected chi connectivity index (χ1v) is 4.99. The molecule has 0 radical (unpaired) electrons. The van der Waals surface area contributed by atoms with E-state index in [-0.39, 0.29) is 29.7 Å². The van der Waals surface area contributed by atoms with Crippen LogP contribution < -0.4 is 9.47 Å². The maximum absolute atomic E-state index is 10.7. The van der Waals surface area contributed by atoms with Crippen LogP contribution in [0.25, 0.3) is 11.3 Å². The molecule has 2 aromatic rings. The quantitative estimate of drug-likeness (QED) is 0.830. The fraction of sp³-hybridized carbons (Fsp3) is 0.0909. The standard InChI is InChI=1S/C11H7NO6/c13-9-5(1-2-7-10(9)17-4-16-7)8-3-6(11(14)15)12-18-8/h1-3,13H,4H2,(H,14,15). The fourth-order valence-electron chi connectivity index (χ4n) is 1.66. The summed E-state index contributed by atoms with van der Waals surface area (Å²) in [4.78, 5) is 10.7. The van der Waals surface area contributed by atoms with Crippen molar-refractivity contribution in [1.82, 2.24) is 5.16 Å². The van der Waals surface area contributed by atoms with Crippen molar-refractivity contribution in [1.29, 1.82) is 0 Å². The molecule has 0 atom stereocenters. The molecule has 0 aliphatic carbocycles. The summed E-state index contributed by atoms with van der Waals surface area (Å²) < 4.78 is 15.1. The molecule has 92 valence electrons. The number of phenols is 1. The van der Waals surface area contributed by atoms with Crippen molar-refractivity contribution >= 4 is 5.97 Å². The van der Waals surface area contributed by atoms with Crippen LogP contribution in [0.4, 0.5) is 0 Å². The minimum Gasteiger partial charge on any atom is -0.504 e. The Bertz CT molecular complexity index is 632. The molecule has 0 saturated carbocycles. The summed E-state index contributed by atoms with van der Waals surface area (Å²) in [7, 11) is 0. The van der Waals surface area contributed by atoms with Gasteiger partial charge in [0.25, 0.3) is 0 Å². The van der Waals surface area contributed by atoms with Gasteiger partial charge in [-0.2, -0.15) is 0 Å². The lowest BCUT2D eigenvalue weighted by Crippen LogP contribution is -1.94. The molecule has 1 aliphatic heterocycles. The molecular weight excluding hydrogens is 242 g/mol. The lowest BCUT2D eigenvalue weighted by atomic mass is 10.1. The van der Waals surface area contributed by atoms with E-state index in [1.165, 1.54) is 12.1 Å². The normalized spacial score (nSPS) is 12.7. The number of nitrogens with zero attached hydrogens (tertiary/aromatic N) is 1. The highest BCUT2D eigenvalue weighted by molar-refractivity contribution is 5.87. The van der Waals surface area contributed by atoms with Crippen molar-refractivity contribution in [2.24, 2.45) is 0 Å². The zero-order valence-corrected chi connectivity index (χ0v) is 8.91. The van der Waals surface area contributed by atoms with E-state index in [1.54, 1.807) is 6.07 Å². The monoisotopic (exact) mass is 249 g/mol. The Balaban J connectivity index is 2.09. The predicted molar refractivity (Wildman–Crippen MR) is 56.7 cm³/mol. The molecule has 1 aromatic heterocycles. The first-order chi connectivity index (χ1) is 8.66. The molecule has 7 nitrogen and oxygen atoms in total. The van der Waals surface area contributed by atoms with Crippen LogP contribution in [-0.4, -0.2) is 28.1 Å². The highest BCUT2D eigenvalue weighted by atomic mass is 16.7. The number of carboxylic acids is 1. The van der Waals surface area contributed by atoms with E-state index in [2.05, 4.69) is 5.16 Å². The van der Waals surface area contributed by atoms with Crippen molar-refractivity contribution in [2.75, 3.05) is 6.79 Å². The van der Waals surface area contributed by atoms with Crippen molar-refractivity contribution in [3.63, 3.8) is 0 Å². The van der Waals surface area contributed by atoms with Gasteiger partial charge in [0.05, 0.1) is 5.56 Å². The Morgan fingerprint density at radius 2 is 2.17 bits per heavy atom. The van der Waals surface area contributed by atoms with Gasteiger partial charge in [0, 0.05) is 6.07 Å². The van der Waals surface area contributed by atoms with Crippen LogP contribution in [0.3, 0.4) is 0 Å². The van der Waals surface area contributed by atoms with E-state index in [1.807, 2.05) is 0 Å². The summed E-state index contributed by atoms with van der Waals surface area (Å²) in [6, 6.07) is 4.36. The van der Waals surface area contributed by atoms with Gasteiger partial charge in [0.1, 0.15) is 0 Å². The van der Waals surface area contributed by atoms with Gasteiger partial charge in [-0.15, -0.1) is 0 Å². The fourth-order valence-corrected chi connectivity index (χ4v) is 1.66. The number of rotatable bonds is 2. The summed E-state index contributed by atoms with van der Waals surface area (Å²) in [5.41, 5.74) is 0.0568. The molecule has 0 fully saturated rings. The third-order valence-electron chi connectivity index (χ3n) is 2.51. The molecule has 0 unspecified atom stereocenters. The van der Waals surface area contributed by atoms with Crippen LogP contribution in [0, 0.1) is 0 Å². The number of carboxylic acid groups (broad SMARTS) is 1. The van der Waals surface area contributed by atoms with E-state index in [0.29, 0.717) is 11.3 Å². The van der Waals surface area contributed by atoms with Crippen LogP contribution in [0.1, 0.15) is 10.5 Å². The zero-order chi connectivity index (χ0) is 12.7. The summed E-state index contributed by atoms with van der Waals surface area (Å²) in [6.07, 6.45) is 0. The Morgan fingerprint density at radius 1 is 1.33 bits per heavy atom. The Morgan fingerprint density at radius 3 is 2.89 bits per heavy atom. The van der Waals surface area contributed by atoms with Gasteiger partial charge in [-0.25, -0.2) is 4.79 Å².